The van der Waals surface area contributed by atoms with Crippen LogP contribution in [0.4, 0.5) is 25.4 Å². The average molecular weight is 1320 g/mol. The molecule has 11 atom stereocenters. The van der Waals surface area contributed by atoms with Crippen molar-refractivity contribution in [1.29, 1.82) is 0 Å². The number of nitrogens with one attached hydrogen (secondary N) is 5. The number of methoxy groups -OCH3 is 2. The Balaban J connectivity index is 1.32. The summed E-state index contributed by atoms with van der Waals surface area (Å²) in [5, 5.41) is 25.2. The molecular formula is C61H83BrClFN8O16. The standard InChI is InChI=1S/C61H83BrClFN8O16/c1-32(2)51(69-48(73)21-14-13-18-35(5)85-56(78)34(4)31-62)54(76)68-42(19-16-24-66-58(65)80)53(75)67-39-22-23-40(41(64)28-39)55(77)71(9)37(7)57(79)87-47-29-49(74)72(10)43-26-38(27-44(83-11)50(43)63)25-33(3)17-15-20-46(84-12)61(82)30-45(86-59(81)70-61)36(6)52-60(47,8)88-52/h15,17,20,22-23,26-28,32,35-37,42,45-47,51-52,82H,4,13-14,16,18-19,21,24-25,29-31H2,1-3,5-12H3,(H,67,75)(H,68,76)(H,69,73)(H,70,81)(H3,65,66,80)/b20-15+,33-17+/t35?,36-,37+,42+,45+,46-,47+,51+,52+,60+,61+/m1/s1. The molecule has 27 heteroatoms. The number of carbonyl (C=O) groups excluding carboxylic acids is 9. The number of nitrogens with two attached hydrogens (primary N) is 1. The highest BCUT2D eigenvalue weighted by Crippen LogP contribution is 2.49. The lowest BCUT2D eigenvalue weighted by atomic mass is 9.83. The van der Waals surface area contributed by atoms with Crippen molar-refractivity contribution in [3.05, 3.63) is 88.3 Å². The number of amides is 8. The normalized spacial score (nSPS) is 24.2. The van der Waals surface area contributed by atoms with Crippen LogP contribution in [-0.2, 0) is 58.9 Å². The molecule has 1 unspecified atom stereocenters. The van der Waals surface area contributed by atoms with Gasteiger partial charge in [-0.15, -0.1) is 0 Å². The SMILES string of the molecule is C=C(CBr)C(=O)OC(C)CCCCC(=O)N[C@H](C(=O)N[C@@H](CCCNC(N)=O)C(=O)Nc1ccc(C(=O)N(C)[C@@H](C)C(=O)O[C@H]2CC(=O)N(C)c3cc(cc(OC)c3Cl)C/C(C)=C/C=C/[C@@H](OC)[C@@]3(O)C[C@H](OC(=O)N3)[C@@H](C)[C@@H]3O[C@@]23C)c(F)c1)C(C)C. The van der Waals surface area contributed by atoms with Gasteiger partial charge in [0, 0.05) is 63.1 Å². The molecule has 8 N–H and O–H groups in total. The van der Waals surface area contributed by atoms with Crippen LogP contribution in [0.2, 0.25) is 5.02 Å². The molecule has 0 radical (unpaired) electrons. The summed E-state index contributed by atoms with van der Waals surface area (Å²) in [6.07, 6.45) is 0.847. The van der Waals surface area contributed by atoms with Gasteiger partial charge >= 0.3 is 24.1 Å². The fourth-order valence-corrected chi connectivity index (χ4v) is 10.8. The first-order chi connectivity index (χ1) is 41.4. The maximum Gasteiger partial charge on any atom is 0.409 e. The number of alkyl halides is 1. The number of likely N-dealkylation sites (N-methyl/N-ethyl adjacent to an activating group) is 1. The van der Waals surface area contributed by atoms with Crippen molar-refractivity contribution in [2.24, 2.45) is 17.6 Å². The van der Waals surface area contributed by atoms with Crippen molar-refractivity contribution in [3.63, 3.8) is 0 Å². The van der Waals surface area contributed by atoms with Crippen molar-refractivity contribution >= 4 is 92.5 Å². The van der Waals surface area contributed by atoms with E-state index < -0.39 is 143 Å². The molecule has 5 rings (SSSR count). The summed E-state index contributed by atoms with van der Waals surface area (Å²) < 4.78 is 50.9. The summed E-state index contributed by atoms with van der Waals surface area (Å²) in [6.45, 7) is 15.3. The van der Waals surface area contributed by atoms with E-state index in [1.54, 1.807) is 58.9 Å². The topological polar surface area (TPSA) is 325 Å². The van der Waals surface area contributed by atoms with Gasteiger partial charge in [0.25, 0.3) is 5.91 Å². The van der Waals surface area contributed by atoms with E-state index in [2.05, 4.69) is 49.1 Å². The second-order valence-corrected chi connectivity index (χ2v) is 23.9. The average Bonchev–Trinajstić information content (AvgIpc) is 2.86. The monoisotopic (exact) mass is 1320 g/mol. The Morgan fingerprint density at radius 1 is 1.03 bits per heavy atom. The number of rotatable bonds is 24. The van der Waals surface area contributed by atoms with Crippen molar-refractivity contribution < 1.29 is 81.1 Å². The van der Waals surface area contributed by atoms with E-state index in [1.165, 1.54) is 46.2 Å². The van der Waals surface area contributed by atoms with Crippen LogP contribution in [0, 0.1) is 17.7 Å². The number of benzene rings is 2. The molecule has 3 aliphatic rings. The van der Waals surface area contributed by atoms with Gasteiger partial charge in [-0.1, -0.05) is 78.7 Å². The number of halogens is 3. The molecule has 24 nitrogen and oxygen atoms in total. The zero-order chi connectivity index (χ0) is 65.5. The number of nitrogens with zero attached hydrogens (tertiary/aromatic N) is 2. The number of urea groups is 1. The fraction of sp³-hybridized carbons (Fsp3) is 0.557. The molecule has 0 spiro atoms. The van der Waals surface area contributed by atoms with E-state index in [-0.39, 0.29) is 65.3 Å². The molecular weight excluding hydrogens is 1240 g/mol. The molecule has 0 aromatic heterocycles. The molecule has 484 valence electrons. The van der Waals surface area contributed by atoms with Crippen molar-refractivity contribution in [2.75, 3.05) is 50.4 Å². The van der Waals surface area contributed by atoms with Crippen LogP contribution in [-0.4, -0.2) is 164 Å². The van der Waals surface area contributed by atoms with E-state index in [0.717, 1.165) is 22.6 Å². The van der Waals surface area contributed by atoms with Crippen molar-refractivity contribution in [3.8, 4) is 5.75 Å². The Morgan fingerprint density at radius 2 is 1.74 bits per heavy atom. The summed E-state index contributed by atoms with van der Waals surface area (Å²) in [5.41, 5.74) is 3.35. The third kappa shape index (κ3) is 18.9. The predicted octanol–water partition coefficient (Wildman–Crippen LogP) is 6.42. The second-order valence-electron chi connectivity index (χ2n) is 23.0. The third-order valence-electron chi connectivity index (χ3n) is 15.8. The van der Waals surface area contributed by atoms with Gasteiger partial charge in [0.15, 0.2) is 5.72 Å². The number of primary amides is 1. The minimum atomic E-state index is -1.94. The first-order valence-corrected chi connectivity index (χ1v) is 30.4. The molecule has 3 heterocycles. The van der Waals surface area contributed by atoms with Crippen LogP contribution >= 0.6 is 27.5 Å². The molecule has 3 aliphatic heterocycles. The molecule has 0 aliphatic carbocycles. The van der Waals surface area contributed by atoms with E-state index >= 15 is 4.39 Å². The zero-order valence-corrected chi connectivity index (χ0v) is 53.9. The summed E-state index contributed by atoms with van der Waals surface area (Å²) in [7, 11) is 5.55. The molecule has 8 amide bonds. The van der Waals surface area contributed by atoms with Crippen LogP contribution in [0.25, 0.3) is 0 Å². The number of epoxide rings is 1. The van der Waals surface area contributed by atoms with Gasteiger partial charge in [-0.05, 0) is 108 Å². The van der Waals surface area contributed by atoms with Crippen molar-refractivity contribution in [2.45, 2.75) is 166 Å². The number of ether oxygens (including phenoxy) is 6. The highest BCUT2D eigenvalue weighted by Gasteiger charge is 2.64. The van der Waals surface area contributed by atoms with Gasteiger partial charge in [0.05, 0.1) is 37.0 Å². The minimum absolute atomic E-state index is 0.0338. The zero-order valence-electron chi connectivity index (χ0n) is 51.6. The molecule has 2 aromatic rings. The lowest BCUT2D eigenvalue weighted by molar-refractivity contribution is -0.158. The number of fused-ring (bicyclic) bond motifs is 5. The fourth-order valence-electron chi connectivity index (χ4n) is 10.3. The van der Waals surface area contributed by atoms with Crippen LogP contribution < -0.4 is 42.0 Å². The van der Waals surface area contributed by atoms with E-state index in [4.69, 9.17) is 45.8 Å². The van der Waals surface area contributed by atoms with E-state index in [0.29, 0.717) is 31.2 Å². The Hall–Kier alpha value is -7.13. The minimum Gasteiger partial charge on any atom is -0.495 e. The Kier molecular flexibility index (Phi) is 25.9. The predicted molar refractivity (Wildman–Crippen MR) is 328 cm³/mol. The Morgan fingerprint density at radius 3 is 2.38 bits per heavy atom. The van der Waals surface area contributed by atoms with Crippen molar-refractivity contribution in [1.82, 2.24) is 26.2 Å². The molecule has 2 fully saturated rings. The largest absolute Gasteiger partial charge is 0.495 e. The number of aliphatic hydroxyl groups is 1. The van der Waals surface area contributed by atoms with Crippen LogP contribution in [0.15, 0.2) is 66.3 Å². The first-order valence-electron chi connectivity index (χ1n) is 28.9. The molecule has 88 heavy (non-hydrogen) atoms. The summed E-state index contributed by atoms with van der Waals surface area (Å²) in [4.78, 5) is 122. The molecule has 0 saturated carbocycles. The number of esters is 2. The number of hydrogen-bond acceptors (Lipinski definition) is 16. The van der Waals surface area contributed by atoms with Gasteiger partial charge < -0.3 is 70.3 Å². The number of anilines is 2. The highest BCUT2D eigenvalue weighted by molar-refractivity contribution is 9.09. The third-order valence-corrected chi connectivity index (χ3v) is 16.9. The maximum atomic E-state index is 16.2. The lowest BCUT2D eigenvalue weighted by Crippen LogP contribution is -2.63. The molecule has 2 aromatic carbocycles. The van der Waals surface area contributed by atoms with E-state index in [9.17, 15) is 48.3 Å². The number of allylic oxidation sites excluding steroid dienone is 3. The van der Waals surface area contributed by atoms with Gasteiger partial charge in [-0.2, -0.15) is 0 Å². The number of carbonyl (C=O) groups is 9. The number of hydrogen-bond donors (Lipinski definition) is 7. The summed E-state index contributed by atoms with van der Waals surface area (Å²) >= 11 is 10.00. The van der Waals surface area contributed by atoms with Gasteiger partial charge in [-0.25, -0.2) is 23.6 Å². The van der Waals surface area contributed by atoms with Crippen LogP contribution in [0.3, 0.4) is 0 Å². The van der Waals surface area contributed by atoms with E-state index in [1.807, 2.05) is 13.0 Å². The highest BCUT2D eigenvalue weighted by atomic mass is 79.9. The number of alkyl carbamates (subject to hydrolysis) is 1. The molecule has 4 bridgehead atoms. The Bertz CT molecular complexity index is 3010. The van der Waals surface area contributed by atoms with Gasteiger partial charge in [0.2, 0.25) is 23.6 Å². The number of unbranched alkanes of at least 4 members (excludes halogenated alkanes) is 1. The maximum absolute atomic E-state index is 16.2. The summed E-state index contributed by atoms with van der Waals surface area (Å²) in [6, 6.07) is 2.04. The quantitative estimate of drug-likeness (QED) is 0.0149. The van der Waals surface area contributed by atoms with Crippen LogP contribution in [0.5, 0.6) is 5.75 Å². The second kappa shape index (κ2) is 31.9. The molecule has 2 saturated heterocycles. The van der Waals surface area contributed by atoms with Gasteiger partial charge in [-0.3, -0.25) is 29.3 Å². The smallest absolute Gasteiger partial charge is 0.409 e. The first kappa shape index (κ1) is 71.6. The summed E-state index contributed by atoms with van der Waals surface area (Å²) in [5.74, 6) is -6.96. The van der Waals surface area contributed by atoms with Crippen LogP contribution in [0.1, 0.15) is 116 Å². The lowest BCUT2D eigenvalue weighted by Gasteiger charge is -2.42. The Labute approximate surface area is 525 Å². The van der Waals surface area contributed by atoms with Gasteiger partial charge in [0.1, 0.15) is 58.6 Å².